The van der Waals surface area contributed by atoms with Gasteiger partial charge in [-0.3, -0.25) is 0 Å². The van der Waals surface area contributed by atoms with E-state index in [0.29, 0.717) is 5.92 Å². The standard InChI is InChI=1S/C13H19Si/c1-10(9-14)11-6-5-7-12(8-11)13(2,3)4/h5-8,10H,9H2,1-4H3. The van der Waals surface area contributed by atoms with E-state index in [2.05, 4.69) is 62.2 Å². The van der Waals surface area contributed by atoms with Gasteiger partial charge in [0.15, 0.2) is 0 Å². The smallest absolute Gasteiger partial charge is 0.0228 e. The van der Waals surface area contributed by atoms with E-state index in [1.807, 2.05) is 0 Å². The number of benzene rings is 1. The van der Waals surface area contributed by atoms with Crippen LogP contribution in [0.5, 0.6) is 0 Å². The highest BCUT2D eigenvalue weighted by Crippen LogP contribution is 2.26. The van der Waals surface area contributed by atoms with Gasteiger partial charge in [0.2, 0.25) is 0 Å². The van der Waals surface area contributed by atoms with E-state index in [1.54, 1.807) is 0 Å². The second kappa shape index (κ2) is 4.31. The molecule has 0 aliphatic carbocycles. The molecule has 0 spiro atoms. The van der Waals surface area contributed by atoms with Crippen molar-refractivity contribution in [3.05, 3.63) is 35.4 Å². The van der Waals surface area contributed by atoms with Crippen LogP contribution in [0.4, 0.5) is 0 Å². The van der Waals surface area contributed by atoms with Gasteiger partial charge in [0.05, 0.1) is 0 Å². The summed E-state index contributed by atoms with van der Waals surface area (Å²) in [4.78, 5) is 0. The van der Waals surface area contributed by atoms with Crippen LogP contribution in [-0.2, 0) is 5.41 Å². The summed E-state index contributed by atoms with van der Waals surface area (Å²) in [5.74, 6) is 0.592. The molecule has 0 aliphatic rings. The molecular formula is C13H19Si. The van der Waals surface area contributed by atoms with E-state index in [9.17, 15) is 0 Å². The number of rotatable bonds is 2. The van der Waals surface area contributed by atoms with E-state index in [4.69, 9.17) is 0 Å². The molecule has 14 heavy (non-hydrogen) atoms. The molecule has 0 amide bonds. The molecule has 0 fully saturated rings. The first kappa shape index (κ1) is 11.5. The van der Waals surface area contributed by atoms with Crippen LogP contribution in [0.25, 0.3) is 0 Å². The molecule has 0 nitrogen and oxygen atoms in total. The first-order valence-corrected chi connectivity index (χ1v) is 5.91. The van der Waals surface area contributed by atoms with Crippen molar-refractivity contribution in [1.82, 2.24) is 0 Å². The van der Waals surface area contributed by atoms with Crippen LogP contribution >= 0.6 is 0 Å². The lowest BCUT2D eigenvalue weighted by Gasteiger charge is -2.21. The van der Waals surface area contributed by atoms with Crippen LogP contribution in [0.3, 0.4) is 0 Å². The Labute approximate surface area is 91.2 Å². The van der Waals surface area contributed by atoms with Crippen LogP contribution in [0.15, 0.2) is 24.3 Å². The van der Waals surface area contributed by atoms with Crippen molar-refractivity contribution in [2.45, 2.75) is 45.1 Å². The van der Waals surface area contributed by atoms with Gasteiger partial charge in [-0.25, -0.2) is 0 Å². The Morgan fingerprint density at radius 3 is 2.43 bits per heavy atom. The normalized spacial score (nSPS) is 14.1. The SMILES string of the molecule is CC(C[Si])c1cccc(C(C)(C)C)c1. The monoisotopic (exact) mass is 203 g/mol. The first-order valence-electron chi connectivity index (χ1n) is 5.20. The maximum Gasteiger partial charge on any atom is 0.0228 e. The Bertz CT molecular complexity index is 296. The summed E-state index contributed by atoms with van der Waals surface area (Å²) in [7, 11) is 3.57. The zero-order chi connectivity index (χ0) is 10.8. The first-order chi connectivity index (χ1) is 6.45. The predicted molar refractivity (Wildman–Crippen MR) is 64.1 cm³/mol. The molecule has 0 saturated heterocycles. The van der Waals surface area contributed by atoms with Crippen LogP contribution in [0.2, 0.25) is 6.04 Å². The minimum Gasteiger partial charge on any atom is -0.0617 e. The summed E-state index contributed by atoms with van der Waals surface area (Å²) in [6, 6.07) is 9.93. The molecule has 1 aromatic rings. The van der Waals surface area contributed by atoms with E-state index in [-0.39, 0.29) is 5.41 Å². The summed E-state index contributed by atoms with van der Waals surface area (Å²) in [6.45, 7) is 9.01. The quantitative estimate of drug-likeness (QED) is 0.643. The average molecular weight is 203 g/mol. The molecular weight excluding hydrogens is 184 g/mol. The third-order valence-electron chi connectivity index (χ3n) is 2.63. The van der Waals surface area contributed by atoms with Crippen LogP contribution < -0.4 is 0 Å². The van der Waals surface area contributed by atoms with Gasteiger partial charge in [0, 0.05) is 10.2 Å². The molecule has 1 atom stereocenters. The molecule has 0 heterocycles. The Hall–Kier alpha value is -0.563. The molecule has 0 aliphatic heterocycles. The van der Waals surface area contributed by atoms with E-state index < -0.39 is 0 Å². The molecule has 3 radical (unpaired) electrons. The van der Waals surface area contributed by atoms with Crippen LogP contribution in [0.1, 0.15) is 44.7 Å². The summed E-state index contributed by atoms with van der Waals surface area (Å²) in [5.41, 5.74) is 3.09. The van der Waals surface area contributed by atoms with Crippen molar-refractivity contribution in [2.75, 3.05) is 0 Å². The molecule has 1 unspecified atom stereocenters. The van der Waals surface area contributed by atoms with Gasteiger partial charge in [-0.2, -0.15) is 0 Å². The van der Waals surface area contributed by atoms with Gasteiger partial charge in [-0.15, -0.1) is 0 Å². The highest BCUT2D eigenvalue weighted by molar-refractivity contribution is 6.09. The molecule has 1 rings (SSSR count). The Balaban J connectivity index is 3.01. The fourth-order valence-corrected chi connectivity index (χ4v) is 1.67. The Morgan fingerprint density at radius 2 is 1.93 bits per heavy atom. The lowest BCUT2D eigenvalue weighted by molar-refractivity contribution is 0.588. The van der Waals surface area contributed by atoms with Crippen molar-refractivity contribution >= 4 is 10.2 Å². The van der Waals surface area contributed by atoms with Gasteiger partial charge in [-0.1, -0.05) is 58.0 Å². The van der Waals surface area contributed by atoms with E-state index in [0.717, 1.165) is 6.04 Å². The molecule has 1 aromatic carbocycles. The minimum absolute atomic E-state index is 0.251. The fraction of sp³-hybridized carbons (Fsp3) is 0.538. The van der Waals surface area contributed by atoms with Crippen molar-refractivity contribution in [3.8, 4) is 0 Å². The maximum absolute atomic E-state index is 3.57. The lowest BCUT2D eigenvalue weighted by Crippen LogP contribution is -2.11. The second-order valence-electron chi connectivity index (χ2n) is 4.98. The number of hydrogen-bond acceptors (Lipinski definition) is 0. The zero-order valence-corrected chi connectivity index (χ0v) is 10.6. The Kier molecular flexibility index (Phi) is 3.54. The molecule has 1 heteroatoms. The van der Waals surface area contributed by atoms with Crippen molar-refractivity contribution in [3.63, 3.8) is 0 Å². The van der Waals surface area contributed by atoms with Crippen LogP contribution in [-0.4, -0.2) is 10.2 Å². The highest BCUT2D eigenvalue weighted by atomic mass is 28.1. The summed E-state index contributed by atoms with van der Waals surface area (Å²) in [5, 5.41) is 0. The van der Waals surface area contributed by atoms with Gasteiger partial charge in [-0.05, 0) is 22.5 Å². The van der Waals surface area contributed by atoms with Crippen molar-refractivity contribution in [2.24, 2.45) is 0 Å². The third-order valence-corrected chi connectivity index (χ3v) is 3.24. The zero-order valence-electron chi connectivity index (χ0n) is 9.59. The van der Waals surface area contributed by atoms with Crippen LogP contribution in [0, 0.1) is 0 Å². The minimum atomic E-state index is 0.251. The van der Waals surface area contributed by atoms with Gasteiger partial charge < -0.3 is 0 Å². The molecule has 75 valence electrons. The van der Waals surface area contributed by atoms with Gasteiger partial charge in [0.25, 0.3) is 0 Å². The molecule has 0 saturated carbocycles. The van der Waals surface area contributed by atoms with E-state index >= 15 is 0 Å². The van der Waals surface area contributed by atoms with Crippen molar-refractivity contribution in [1.29, 1.82) is 0 Å². The largest absolute Gasteiger partial charge is 0.0617 e. The maximum atomic E-state index is 3.57. The number of hydrogen-bond donors (Lipinski definition) is 0. The molecule has 0 N–H and O–H groups in total. The van der Waals surface area contributed by atoms with Crippen molar-refractivity contribution < 1.29 is 0 Å². The third kappa shape index (κ3) is 2.71. The van der Waals surface area contributed by atoms with Gasteiger partial charge >= 0.3 is 0 Å². The average Bonchev–Trinajstić information content (AvgIpc) is 2.15. The highest BCUT2D eigenvalue weighted by Gasteiger charge is 2.14. The summed E-state index contributed by atoms with van der Waals surface area (Å²) in [6.07, 6.45) is 0. The van der Waals surface area contributed by atoms with Gasteiger partial charge in [0.1, 0.15) is 0 Å². The summed E-state index contributed by atoms with van der Waals surface area (Å²) < 4.78 is 0. The second-order valence-corrected chi connectivity index (χ2v) is 5.39. The fourth-order valence-electron chi connectivity index (χ4n) is 1.43. The molecule has 0 bridgehead atoms. The Morgan fingerprint density at radius 1 is 1.29 bits per heavy atom. The predicted octanol–water partition coefficient (Wildman–Crippen LogP) is 3.67. The topological polar surface area (TPSA) is 0 Å². The summed E-state index contributed by atoms with van der Waals surface area (Å²) >= 11 is 0. The molecule has 0 aromatic heterocycles. The van der Waals surface area contributed by atoms with E-state index in [1.165, 1.54) is 11.1 Å². The lowest BCUT2D eigenvalue weighted by atomic mass is 9.85.